The Morgan fingerprint density at radius 1 is 1.28 bits per heavy atom. The molecule has 98 valence electrons. The lowest BCUT2D eigenvalue weighted by Gasteiger charge is -2.15. The van der Waals surface area contributed by atoms with Crippen molar-refractivity contribution in [1.29, 1.82) is 5.26 Å². The Morgan fingerprint density at radius 2 is 2.00 bits per heavy atom. The van der Waals surface area contributed by atoms with Gasteiger partial charge in [0.15, 0.2) is 6.61 Å². The van der Waals surface area contributed by atoms with Crippen LogP contribution in [0.2, 0.25) is 0 Å². The molecule has 0 saturated heterocycles. The Bertz CT molecular complexity index is 367. The van der Waals surface area contributed by atoms with Crippen LogP contribution in [-0.2, 0) is 0 Å². The summed E-state index contributed by atoms with van der Waals surface area (Å²) in [5.41, 5.74) is 1.10. The van der Waals surface area contributed by atoms with E-state index in [4.69, 9.17) is 10.00 Å². The predicted molar refractivity (Wildman–Crippen MR) is 74.8 cm³/mol. The molecular formula is C15H22N2O. The molecule has 1 aromatic rings. The first kappa shape index (κ1) is 14.4. The van der Waals surface area contributed by atoms with Gasteiger partial charge in [0.05, 0.1) is 0 Å². The zero-order valence-electron chi connectivity index (χ0n) is 11.3. The molecule has 1 N–H and O–H groups in total. The van der Waals surface area contributed by atoms with E-state index in [1.54, 1.807) is 0 Å². The standard InChI is InChI=1S/C15H22N2O/c1-3-4-5-6-13(2)17-14-7-9-15(10-8-14)18-12-11-16/h7-10,13,17H,3-6,12H2,1-2H3. The SMILES string of the molecule is CCCCCC(C)Nc1ccc(OCC#N)cc1. The van der Waals surface area contributed by atoms with Crippen molar-refractivity contribution in [3.8, 4) is 11.8 Å². The number of hydrogen-bond acceptors (Lipinski definition) is 3. The highest BCUT2D eigenvalue weighted by Gasteiger charge is 2.02. The van der Waals surface area contributed by atoms with Gasteiger partial charge in [-0.2, -0.15) is 5.26 Å². The molecule has 18 heavy (non-hydrogen) atoms. The second-order valence-corrected chi connectivity index (χ2v) is 4.51. The summed E-state index contributed by atoms with van der Waals surface area (Å²) in [5.74, 6) is 0.737. The van der Waals surface area contributed by atoms with Crippen LogP contribution < -0.4 is 10.1 Å². The summed E-state index contributed by atoms with van der Waals surface area (Å²) in [4.78, 5) is 0. The average molecular weight is 246 g/mol. The number of ether oxygens (including phenoxy) is 1. The molecule has 0 saturated carbocycles. The molecule has 0 aliphatic heterocycles. The van der Waals surface area contributed by atoms with Gasteiger partial charge in [-0.15, -0.1) is 0 Å². The van der Waals surface area contributed by atoms with Crippen molar-refractivity contribution in [1.82, 2.24) is 0 Å². The molecule has 3 heteroatoms. The minimum absolute atomic E-state index is 0.0974. The molecule has 0 fully saturated rings. The molecule has 0 spiro atoms. The van der Waals surface area contributed by atoms with Gasteiger partial charge in [0, 0.05) is 11.7 Å². The van der Waals surface area contributed by atoms with Gasteiger partial charge >= 0.3 is 0 Å². The quantitative estimate of drug-likeness (QED) is 0.706. The highest BCUT2D eigenvalue weighted by atomic mass is 16.5. The third-order valence-electron chi connectivity index (χ3n) is 2.81. The zero-order valence-corrected chi connectivity index (χ0v) is 11.3. The molecule has 0 heterocycles. The smallest absolute Gasteiger partial charge is 0.174 e. The zero-order chi connectivity index (χ0) is 13.2. The largest absolute Gasteiger partial charge is 0.479 e. The number of nitriles is 1. The van der Waals surface area contributed by atoms with Crippen LogP contribution in [0.25, 0.3) is 0 Å². The average Bonchev–Trinajstić information content (AvgIpc) is 2.38. The van der Waals surface area contributed by atoms with Crippen LogP contribution in [-0.4, -0.2) is 12.6 Å². The van der Waals surface area contributed by atoms with Crippen molar-refractivity contribution in [2.45, 2.75) is 45.6 Å². The maximum atomic E-state index is 8.42. The summed E-state index contributed by atoms with van der Waals surface area (Å²) in [7, 11) is 0. The molecule has 0 aromatic heterocycles. The highest BCUT2D eigenvalue weighted by molar-refractivity contribution is 5.46. The van der Waals surface area contributed by atoms with Crippen LogP contribution in [0.3, 0.4) is 0 Å². The third-order valence-corrected chi connectivity index (χ3v) is 2.81. The van der Waals surface area contributed by atoms with E-state index in [1.807, 2.05) is 30.3 Å². The molecular weight excluding hydrogens is 224 g/mol. The van der Waals surface area contributed by atoms with Gasteiger partial charge in [-0.25, -0.2) is 0 Å². The van der Waals surface area contributed by atoms with Gasteiger partial charge in [0.25, 0.3) is 0 Å². The van der Waals surface area contributed by atoms with E-state index in [-0.39, 0.29) is 6.61 Å². The van der Waals surface area contributed by atoms with Crippen LogP contribution in [0.15, 0.2) is 24.3 Å². The molecule has 1 rings (SSSR count). The van der Waals surface area contributed by atoms with E-state index < -0.39 is 0 Å². The summed E-state index contributed by atoms with van der Waals surface area (Å²) in [6.45, 7) is 4.52. The van der Waals surface area contributed by atoms with E-state index in [9.17, 15) is 0 Å². The molecule has 1 aromatic carbocycles. The van der Waals surface area contributed by atoms with Crippen molar-refractivity contribution in [2.75, 3.05) is 11.9 Å². The molecule has 0 amide bonds. The molecule has 1 unspecified atom stereocenters. The van der Waals surface area contributed by atoms with Gasteiger partial charge in [-0.3, -0.25) is 0 Å². The summed E-state index contributed by atoms with van der Waals surface area (Å²) >= 11 is 0. The number of nitrogens with one attached hydrogen (secondary N) is 1. The number of unbranched alkanes of at least 4 members (excludes halogenated alkanes) is 2. The Kier molecular flexibility index (Phi) is 6.71. The Morgan fingerprint density at radius 3 is 2.61 bits per heavy atom. The van der Waals surface area contributed by atoms with Crippen LogP contribution in [0, 0.1) is 11.3 Å². The number of benzene rings is 1. The Balaban J connectivity index is 2.36. The van der Waals surface area contributed by atoms with Crippen molar-refractivity contribution < 1.29 is 4.74 Å². The van der Waals surface area contributed by atoms with Gasteiger partial charge in [0.2, 0.25) is 0 Å². The summed E-state index contributed by atoms with van der Waals surface area (Å²) in [6, 6.07) is 10.2. The van der Waals surface area contributed by atoms with Crippen LogP contribution >= 0.6 is 0 Å². The fraction of sp³-hybridized carbons (Fsp3) is 0.533. The maximum absolute atomic E-state index is 8.42. The lowest BCUT2D eigenvalue weighted by molar-refractivity contribution is 0.368. The second kappa shape index (κ2) is 8.41. The highest BCUT2D eigenvalue weighted by Crippen LogP contribution is 2.17. The number of anilines is 1. The van der Waals surface area contributed by atoms with Crippen molar-refractivity contribution >= 4 is 5.69 Å². The topological polar surface area (TPSA) is 45.0 Å². The van der Waals surface area contributed by atoms with Crippen LogP contribution in [0.1, 0.15) is 39.5 Å². The number of nitrogens with zero attached hydrogens (tertiary/aromatic N) is 1. The minimum Gasteiger partial charge on any atom is -0.479 e. The monoisotopic (exact) mass is 246 g/mol. The normalized spacial score (nSPS) is 11.6. The van der Waals surface area contributed by atoms with Gasteiger partial charge in [0.1, 0.15) is 11.8 Å². The minimum atomic E-state index is 0.0974. The molecule has 0 bridgehead atoms. The van der Waals surface area contributed by atoms with Gasteiger partial charge < -0.3 is 10.1 Å². The predicted octanol–water partition coefficient (Wildman–Crippen LogP) is 3.97. The van der Waals surface area contributed by atoms with Crippen molar-refractivity contribution in [3.63, 3.8) is 0 Å². The first-order valence-corrected chi connectivity index (χ1v) is 6.62. The van der Waals surface area contributed by atoms with Gasteiger partial charge in [-0.1, -0.05) is 26.2 Å². The molecule has 0 aliphatic rings. The lowest BCUT2D eigenvalue weighted by atomic mass is 10.1. The fourth-order valence-corrected chi connectivity index (χ4v) is 1.82. The van der Waals surface area contributed by atoms with Crippen molar-refractivity contribution in [3.05, 3.63) is 24.3 Å². The van der Waals surface area contributed by atoms with Gasteiger partial charge in [-0.05, 0) is 37.6 Å². The third kappa shape index (κ3) is 5.58. The Hall–Kier alpha value is -1.69. The Labute approximate surface area is 110 Å². The van der Waals surface area contributed by atoms with E-state index in [2.05, 4.69) is 19.2 Å². The first-order valence-electron chi connectivity index (χ1n) is 6.62. The fourth-order valence-electron chi connectivity index (χ4n) is 1.82. The van der Waals surface area contributed by atoms with E-state index >= 15 is 0 Å². The van der Waals surface area contributed by atoms with Crippen LogP contribution in [0.4, 0.5) is 5.69 Å². The second-order valence-electron chi connectivity index (χ2n) is 4.51. The van der Waals surface area contributed by atoms with E-state index in [0.29, 0.717) is 6.04 Å². The summed E-state index contributed by atoms with van der Waals surface area (Å²) < 4.78 is 5.21. The van der Waals surface area contributed by atoms with Crippen LogP contribution in [0.5, 0.6) is 5.75 Å². The molecule has 0 radical (unpaired) electrons. The molecule has 1 atom stereocenters. The maximum Gasteiger partial charge on any atom is 0.174 e. The molecule has 0 aliphatic carbocycles. The number of hydrogen-bond donors (Lipinski definition) is 1. The van der Waals surface area contributed by atoms with Crippen molar-refractivity contribution in [2.24, 2.45) is 0 Å². The number of rotatable bonds is 8. The summed E-state index contributed by atoms with van der Waals surface area (Å²) in [6.07, 6.45) is 5.03. The molecule has 3 nitrogen and oxygen atoms in total. The summed E-state index contributed by atoms with van der Waals surface area (Å²) in [5, 5.41) is 11.9. The first-order chi connectivity index (χ1) is 8.76. The van der Waals surface area contributed by atoms with E-state index in [0.717, 1.165) is 11.4 Å². The lowest BCUT2D eigenvalue weighted by Crippen LogP contribution is -2.14. The van der Waals surface area contributed by atoms with E-state index in [1.165, 1.54) is 25.7 Å².